The number of piperidine rings is 1. The number of hydrogen-bond donors (Lipinski definition) is 1. The molecule has 0 atom stereocenters. The molecule has 0 unspecified atom stereocenters. The molecule has 4 nitrogen and oxygen atoms in total. The molecule has 0 amide bonds. The summed E-state index contributed by atoms with van der Waals surface area (Å²) in [5.41, 5.74) is 3.80. The van der Waals surface area contributed by atoms with Crippen LogP contribution in [-0.2, 0) is 19.6 Å². The average Bonchev–Trinajstić information content (AvgIpc) is 2.85. The molecule has 2 heterocycles. The van der Waals surface area contributed by atoms with Gasteiger partial charge in [-0.2, -0.15) is 0 Å². The highest BCUT2D eigenvalue weighted by Crippen LogP contribution is 2.26. The van der Waals surface area contributed by atoms with Crippen molar-refractivity contribution in [2.45, 2.75) is 38.6 Å². The highest BCUT2D eigenvalue weighted by atomic mass is 35.5. The largest absolute Gasteiger partial charge is 0.492 e. The van der Waals surface area contributed by atoms with Crippen LogP contribution in [0.15, 0.2) is 42.5 Å². The van der Waals surface area contributed by atoms with E-state index in [1.54, 1.807) is 0 Å². The molecule has 144 valence electrons. The fourth-order valence-electron chi connectivity index (χ4n) is 3.96. The first kappa shape index (κ1) is 18.8. The van der Waals surface area contributed by atoms with Crippen molar-refractivity contribution in [3.05, 3.63) is 64.2 Å². The van der Waals surface area contributed by atoms with E-state index < -0.39 is 0 Å². The normalized spacial score (nSPS) is 19.3. The van der Waals surface area contributed by atoms with E-state index in [-0.39, 0.29) is 6.10 Å². The summed E-state index contributed by atoms with van der Waals surface area (Å²) in [4.78, 5) is 4.84. The maximum Gasteiger partial charge on any atom is 0.123 e. The molecule has 0 spiro atoms. The van der Waals surface area contributed by atoms with Crippen molar-refractivity contribution < 1.29 is 9.84 Å². The summed E-state index contributed by atoms with van der Waals surface area (Å²) in [5.74, 6) is 1.00. The number of hydrogen-bond acceptors (Lipinski definition) is 4. The summed E-state index contributed by atoms with van der Waals surface area (Å²) >= 11 is 6.13. The van der Waals surface area contributed by atoms with E-state index in [9.17, 15) is 5.11 Å². The third kappa shape index (κ3) is 5.02. The number of fused-ring (bicyclic) bond motifs is 1. The number of halogens is 1. The van der Waals surface area contributed by atoms with Crippen LogP contribution in [0.1, 0.15) is 29.5 Å². The van der Waals surface area contributed by atoms with Gasteiger partial charge in [0.15, 0.2) is 0 Å². The minimum Gasteiger partial charge on any atom is -0.492 e. The molecule has 27 heavy (non-hydrogen) atoms. The smallest absolute Gasteiger partial charge is 0.123 e. The number of ether oxygens (including phenoxy) is 1. The molecule has 2 aliphatic heterocycles. The highest BCUT2D eigenvalue weighted by Gasteiger charge is 2.19. The van der Waals surface area contributed by atoms with Gasteiger partial charge in [0, 0.05) is 49.9 Å². The molecule has 0 aliphatic carbocycles. The average molecular weight is 387 g/mol. The molecular formula is C22H27ClN2O2. The molecule has 1 saturated heterocycles. The van der Waals surface area contributed by atoms with Crippen LogP contribution in [0.3, 0.4) is 0 Å². The van der Waals surface area contributed by atoms with Crippen LogP contribution >= 0.6 is 11.6 Å². The lowest BCUT2D eigenvalue weighted by Crippen LogP contribution is -2.35. The zero-order chi connectivity index (χ0) is 18.6. The Morgan fingerprint density at radius 1 is 0.963 bits per heavy atom. The summed E-state index contributed by atoms with van der Waals surface area (Å²) in [6.07, 6.45) is 1.63. The van der Waals surface area contributed by atoms with Gasteiger partial charge in [0.05, 0.1) is 6.10 Å². The highest BCUT2D eigenvalue weighted by molar-refractivity contribution is 6.30. The topological polar surface area (TPSA) is 35.9 Å². The van der Waals surface area contributed by atoms with Gasteiger partial charge < -0.3 is 9.84 Å². The molecule has 5 heteroatoms. The second-order valence-corrected chi connectivity index (χ2v) is 8.07. The fourth-order valence-corrected chi connectivity index (χ4v) is 4.18. The molecule has 1 fully saturated rings. The molecule has 0 aromatic heterocycles. The van der Waals surface area contributed by atoms with Crippen molar-refractivity contribution in [3.8, 4) is 5.75 Å². The summed E-state index contributed by atoms with van der Waals surface area (Å²) in [7, 11) is 0. The van der Waals surface area contributed by atoms with E-state index in [1.807, 2.05) is 18.2 Å². The Kier molecular flexibility index (Phi) is 5.98. The van der Waals surface area contributed by atoms with Crippen LogP contribution in [0.4, 0.5) is 0 Å². The SMILES string of the molecule is OC1CCN(Cc2ccc3c(c2)CN(Cc2cccc(Cl)c2)CCO3)CC1. The van der Waals surface area contributed by atoms with Gasteiger partial charge in [-0.05, 0) is 48.2 Å². The Bertz CT molecular complexity index is 775. The molecular weight excluding hydrogens is 360 g/mol. The minimum absolute atomic E-state index is 0.123. The van der Waals surface area contributed by atoms with E-state index in [1.165, 1.54) is 16.7 Å². The number of nitrogens with zero attached hydrogens (tertiary/aromatic N) is 2. The Labute approximate surface area is 166 Å². The Hall–Kier alpha value is -1.59. The molecule has 0 radical (unpaired) electrons. The Morgan fingerprint density at radius 2 is 1.74 bits per heavy atom. The van der Waals surface area contributed by atoms with Gasteiger partial charge in [-0.1, -0.05) is 29.8 Å². The minimum atomic E-state index is -0.123. The van der Waals surface area contributed by atoms with E-state index in [4.69, 9.17) is 16.3 Å². The lowest BCUT2D eigenvalue weighted by Gasteiger charge is -2.29. The van der Waals surface area contributed by atoms with E-state index >= 15 is 0 Å². The van der Waals surface area contributed by atoms with Crippen LogP contribution in [0, 0.1) is 0 Å². The van der Waals surface area contributed by atoms with Crippen LogP contribution in [0.2, 0.25) is 5.02 Å². The van der Waals surface area contributed by atoms with Gasteiger partial charge in [0.25, 0.3) is 0 Å². The zero-order valence-electron chi connectivity index (χ0n) is 15.6. The van der Waals surface area contributed by atoms with E-state index in [0.717, 1.165) is 62.9 Å². The van der Waals surface area contributed by atoms with Crippen LogP contribution in [-0.4, -0.2) is 47.3 Å². The predicted molar refractivity (Wildman–Crippen MR) is 108 cm³/mol. The monoisotopic (exact) mass is 386 g/mol. The van der Waals surface area contributed by atoms with Crippen molar-refractivity contribution in [1.82, 2.24) is 9.80 Å². The summed E-state index contributed by atoms with van der Waals surface area (Å²) in [6.45, 7) is 6.24. The van der Waals surface area contributed by atoms with Gasteiger partial charge in [0.1, 0.15) is 12.4 Å². The first-order chi connectivity index (χ1) is 13.2. The molecule has 2 aromatic rings. The maximum atomic E-state index is 9.69. The van der Waals surface area contributed by atoms with Gasteiger partial charge >= 0.3 is 0 Å². The first-order valence-corrected chi connectivity index (χ1v) is 10.2. The lowest BCUT2D eigenvalue weighted by atomic mass is 10.0. The Balaban J connectivity index is 1.44. The summed E-state index contributed by atoms with van der Waals surface area (Å²) in [6, 6.07) is 14.7. The van der Waals surface area contributed by atoms with Gasteiger partial charge in [0.2, 0.25) is 0 Å². The standard InChI is InChI=1S/C22H27ClN2O2/c23-20-3-1-2-17(13-20)15-25-10-11-27-22-5-4-18(12-19(22)16-25)14-24-8-6-21(26)7-9-24/h1-5,12-13,21,26H,6-11,14-16H2. The van der Waals surface area contributed by atoms with Crippen molar-refractivity contribution in [3.63, 3.8) is 0 Å². The second-order valence-electron chi connectivity index (χ2n) is 7.64. The fraction of sp³-hybridized carbons (Fsp3) is 0.455. The number of aliphatic hydroxyl groups excluding tert-OH is 1. The van der Waals surface area contributed by atoms with Gasteiger partial charge in [-0.3, -0.25) is 9.80 Å². The van der Waals surface area contributed by atoms with E-state index in [0.29, 0.717) is 6.61 Å². The number of likely N-dealkylation sites (tertiary alicyclic amines) is 1. The van der Waals surface area contributed by atoms with Crippen molar-refractivity contribution in [1.29, 1.82) is 0 Å². The molecule has 2 aliphatic rings. The van der Waals surface area contributed by atoms with Crippen molar-refractivity contribution >= 4 is 11.6 Å². The number of aliphatic hydroxyl groups is 1. The molecule has 1 N–H and O–H groups in total. The number of benzene rings is 2. The molecule has 4 rings (SSSR count). The number of rotatable bonds is 4. The third-order valence-electron chi connectivity index (χ3n) is 5.44. The Morgan fingerprint density at radius 3 is 2.56 bits per heavy atom. The van der Waals surface area contributed by atoms with Crippen LogP contribution in [0.25, 0.3) is 0 Å². The first-order valence-electron chi connectivity index (χ1n) is 9.77. The summed E-state index contributed by atoms with van der Waals surface area (Å²) < 4.78 is 5.98. The molecule has 0 bridgehead atoms. The van der Waals surface area contributed by atoms with E-state index in [2.05, 4.69) is 34.1 Å². The van der Waals surface area contributed by atoms with Gasteiger partial charge in [-0.15, -0.1) is 0 Å². The van der Waals surface area contributed by atoms with Crippen LogP contribution < -0.4 is 4.74 Å². The second kappa shape index (κ2) is 8.61. The molecule has 2 aromatic carbocycles. The van der Waals surface area contributed by atoms with Crippen molar-refractivity contribution in [2.75, 3.05) is 26.2 Å². The van der Waals surface area contributed by atoms with Crippen LogP contribution in [0.5, 0.6) is 5.75 Å². The summed E-state index contributed by atoms with van der Waals surface area (Å²) in [5, 5.41) is 10.5. The zero-order valence-corrected chi connectivity index (χ0v) is 16.4. The predicted octanol–water partition coefficient (Wildman–Crippen LogP) is 3.69. The van der Waals surface area contributed by atoms with Gasteiger partial charge in [-0.25, -0.2) is 0 Å². The maximum absolute atomic E-state index is 9.69. The van der Waals surface area contributed by atoms with Crippen molar-refractivity contribution in [2.24, 2.45) is 0 Å². The lowest BCUT2D eigenvalue weighted by molar-refractivity contribution is 0.0792. The molecule has 0 saturated carbocycles. The quantitative estimate of drug-likeness (QED) is 0.869. The third-order valence-corrected chi connectivity index (χ3v) is 5.68.